The number of aromatic nitrogens is 3. The summed E-state index contributed by atoms with van der Waals surface area (Å²) in [6.07, 6.45) is 8.74. The van der Waals surface area contributed by atoms with Crippen LogP contribution in [0.25, 0.3) is 5.57 Å². The lowest BCUT2D eigenvalue weighted by Gasteiger charge is -2.32. The van der Waals surface area contributed by atoms with E-state index in [-0.39, 0.29) is 12.0 Å². The first-order valence-electron chi connectivity index (χ1n) is 7.31. The largest absolute Gasteiger partial charge is 0.444 e. The molecule has 1 aliphatic rings. The number of carbonyl (C=O) groups is 1. The maximum Gasteiger partial charge on any atom is 0.410 e. The lowest BCUT2D eigenvalue weighted by Crippen LogP contribution is -2.41. The molecule has 1 amide bonds. The van der Waals surface area contributed by atoms with Gasteiger partial charge in [0.2, 0.25) is 0 Å². The molecule has 0 aliphatic carbocycles. The molecule has 0 fully saturated rings. The highest BCUT2D eigenvalue weighted by molar-refractivity contribution is 5.74. The summed E-state index contributed by atoms with van der Waals surface area (Å²) in [5.74, 6) is 2.73. The summed E-state index contributed by atoms with van der Waals surface area (Å²) in [4.78, 5) is 15.4. The Kier molecular flexibility index (Phi) is 4.55. The van der Waals surface area contributed by atoms with E-state index in [0.29, 0.717) is 19.6 Å². The van der Waals surface area contributed by atoms with Crippen molar-refractivity contribution in [2.75, 3.05) is 13.1 Å². The molecule has 2 rings (SSSR count). The molecule has 2 heterocycles. The van der Waals surface area contributed by atoms with Gasteiger partial charge in [-0.25, -0.2) is 4.79 Å². The number of hydrogen-bond acceptors (Lipinski definition) is 4. The van der Waals surface area contributed by atoms with Gasteiger partial charge in [0.25, 0.3) is 0 Å². The van der Waals surface area contributed by atoms with Gasteiger partial charge in [-0.05, 0) is 32.3 Å². The Morgan fingerprint density at radius 3 is 2.91 bits per heavy atom. The lowest BCUT2D eigenvalue weighted by atomic mass is 10.0. The van der Waals surface area contributed by atoms with E-state index in [1.165, 1.54) is 4.80 Å². The SMILES string of the molecule is C#CCn1ncc(C2=CC(C)CN(C(=O)OC(C)(C)C)C2)n1. The normalized spacial score (nSPS) is 18.6. The minimum absolute atomic E-state index is 0.231. The van der Waals surface area contributed by atoms with Gasteiger partial charge in [-0.2, -0.15) is 15.0 Å². The van der Waals surface area contributed by atoms with Gasteiger partial charge in [-0.15, -0.1) is 6.42 Å². The average Bonchev–Trinajstić information content (AvgIpc) is 2.85. The molecule has 118 valence electrons. The van der Waals surface area contributed by atoms with E-state index in [2.05, 4.69) is 29.1 Å². The molecule has 0 bridgehead atoms. The lowest BCUT2D eigenvalue weighted by molar-refractivity contribution is 0.0253. The van der Waals surface area contributed by atoms with Gasteiger partial charge in [-0.1, -0.05) is 18.9 Å². The van der Waals surface area contributed by atoms with E-state index in [4.69, 9.17) is 11.2 Å². The van der Waals surface area contributed by atoms with Gasteiger partial charge >= 0.3 is 6.09 Å². The zero-order valence-electron chi connectivity index (χ0n) is 13.5. The van der Waals surface area contributed by atoms with Crippen LogP contribution in [0.1, 0.15) is 33.4 Å². The van der Waals surface area contributed by atoms with Gasteiger partial charge in [0.15, 0.2) is 0 Å². The topological polar surface area (TPSA) is 60.2 Å². The fraction of sp³-hybridized carbons (Fsp3) is 0.562. The third-order valence-electron chi connectivity index (χ3n) is 3.11. The highest BCUT2D eigenvalue weighted by Crippen LogP contribution is 2.23. The highest BCUT2D eigenvalue weighted by atomic mass is 16.6. The Labute approximate surface area is 131 Å². The van der Waals surface area contributed by atoms with Crippen LogP contribution in [0.5, 0.6) is 0 Å². The minimum Gasteiger partial charge on any atom is -0.444 e. The summed E-state index contributed by atoms with van der Waals surface area (Å²) >= 11 is 0. The predicted molar refractivity (Wildman–Crippen MR) is 83.8 cm³/mol. The molecule has 0 saturated carbocycles. The summed E-state index contributed by atoms with van der Waals surface area (Å²) in [5, 5.41) is 8.47. The van der Waals surface area contributed by atoms with Crippen LogP contribution in [0.15, 0.2) is 12.3 Å². The number of ether oxygens (including phenoxy) is 1. The fourth-order valence-electron chi connectivity index (χ4n) is 2.30. The summed E-state index contributed by atoms with van der Waals surface area (Å²) in [6, 6.07) is 0. The maximum absolute atomic E-state index is 12.3. The van der Waals surface area contributed by atoms with Crippen molar-refractivity contribution in [2.24, 2.45) is 5.92 Å². The third-order valence-corrected chi connectivity index (χ3v) is 3.11. The van der Waals surface area contributed by atoms with Gasteiger partial charge in [0.05, 0.1) is 12.7 Å². The van der Waals surface area contributed by atoms with E-state index in [9.17, 15) is 4.79 Å². The van der Waals surface area contributed by atoms with Gasteiger partial charge < -0.3 is 9.64 Å². The second-order valence-electron chi connectivity index (χ2n) is 6.49. The third kappa shape index (κ3) is 4.10. The molecule has 6 heteroatoms. The van der Waals surface area contributed by atoms with Crippen molar-refractivity contribution < 1.29 is 9.53 Å². The zero-order chi connectivity index (χ0) is 16.3. The second kappa shape index (κ2) is 6.22. The van der Waals surface area contributed by atoms with Crippen molar-refractivity contribution in [1.29, 1.82) is 0 Å². The van der Waals surface area contributed by atoms with Crippen LogP contribution in [0.4, 0.5) is 4.79 Å². The quantitative estimate of drug-likeness (QED) is 0.786. The molecule has 0 radical (unpaired) electrons. The van der Waals surface area contributed by atoms with Crippen molar-refractivity contribution in [2.45, 2.75) is 39.8 Å². The summed E-state index contributed by atoms with van der Waals surface area (Å²) in [6.45, 7) is 9.08. The van der Waals surface area contributed by atoms with Crippen molar-refractivity contribution in [3.63, 3.8) is 0 Å². The second-order valence-corrected chi connectivity index (χ2v) is 6.49. The molecular formula is C16H22N4O2. The van der Waals surface area contributed by atoms with E-state index in [1.807, 2.05) is 20.8 Å². The average molecular weight is 302 g/mol. The summed E-state index contributed by atoms with van der Waals surface area (Å²) < 4.78 is 5.45. The maximum atomic E-state index is 12.3. The smallest absolute Gasteiger partial charge is 0.410 e. The van der Waals surface area contributed by atoms with E-state index >= 15 is 0 Å². The predicted octanol–water partition coefficient (Wildman–Crippen LogP) is 2.18. The van der Waals surface area contributed by atoms with E-state index in [0.717, 1.165) is 11.3 Å². The Balaban J connectivity index is 2.13. The van der Waals surface area contributed by atoms with Crippen molar-refractivity contribution in [3.05, 3.63) is 18.0 Å². The number of terminal acetylenes is 1. The van der Waals surface area contributed by atoms with Gasteiger partial charge in [-0.3, -0.25) is 0 Å². The van der Waals surface area contributed by atoms with Gasteiger partial charge in [0, 0.05) is 6.54 Å². The first-order valence-corrected chi connectivity index (χ1v) is 7.31. The van der Waals surface area contributed by atoms with Crippen LogP contribution in [0.3, 0.4) is 0 Å². The molecule has 1 aromatic rings. The van der Waals surface area contributed by atoms with E-state index < -0.39 is 5.60 Å². The Bertz CT molecular complexity index is 619. The molecule has 6 nitrogen and oxygen atoms in total. The van der Waals surface area contributed by atoms with Gasteiger partial charge in [0.1, 0.15) is 17.8 Å². The van der Waals surface area contributed by atoms with Crippen LogP contribution in [-0.2, 0) is 11.3 Å². The Morgan fingerprint density at radius 1 is 1.55 bits per heavy atom. The monoisotopic (exact) mass is 302 g/mol. The van der Waals surface area contributed by atoms with Crippen LogP contribution in [-0.4, -0.2) is 44.7 Å². The molecule has 0 spiro atoms. The number of rotatable bonds is 2. The Morgan fingerprint density at radius 2 is 2.27 bits per heavy atom. The molecule has 0 aromatic carbocycles. The molecule has 0 N–H and O–H groups in total. The molecule has 1 unspecified atom stereocenters. The van der Waals surface area contributed by atoms with Crippen LogP contribution in [0, 0.1) is 18.3 Å². The summed E-state index contributed by atoms with van der Waals surface area (Å²) in [7, 11) is 0. The first-order chi connectivity index (χ1) is 10.3. The van der Waals surface area contributed by atoms with Crippen molar-refractivity contribution in [3.8, 4) is 12.3 Å². The van der Waals surface area contributed by atoms with Crippen molar-refractivity contribution >= 4 is 11.7 Å². The Hall–Kier alpha value is -2.29. The molecule has 1 aromatic heterocycles. The molecule has 22 heavy (non-hydrogen) atoms. The molecule has 1 atom stereocenters. The summed E-state index contributed by atoms with van der Waals surface area (Å²) in [5.41, 5.74) is 1.21. The van der Waals surface area contributed by atoms with Crippen LogP contribution >= 0.6 is 0 Å². The molecule has 1 aliphatic heterocycles. The number of nitrogens with zero attached hydrogens (tertiary/aromatic N) is 4. The zero-order valence-corrected chi connectivity index (χ0v) is 13.5. The minimum atomic E-state index is -0.502. The van der Waals surface area contributed by atoms with Crippen LogP contribution in [0.2, 0.25) is 0 Å². The molecule has 0 saturated heterocycles. The van der Waals surface area contributed by atoms with E-state index in [1.54, 1.807) is 11.1 Å². The first kappa shape index (κ1) is 16.1. The fourth-order valence-corrected chi connectivity index (χ4v) is 2.30. The standard InChI is InChI=1S/C16H22N4O2/c1-6-7-20-17-9-14(18-20)13-8-12(2)10-19(11-13)15(21)22-16(3,4)5/h1,8-9,12H,7,10-11H2,2-5H3. The number of hydrogen-bond donors (Lipinski definition) is 0. The van der Waals surface area contributed by atoms with Crippen LogP contribution < -0.4 is 0 Å². The number of carbonyl (C=O) groups excluding carboxylic acids is 1. The number of amides is 1. The highest BCUT2D eigenvalue weighted by Gasteiger charge is 2.27. The van der Waals surface area contributed by atoms with Crippen molar-refractivity contribution in [1.82, 2.24) is 19.9 Å². The molecular weight excluding hydrogens is 280 g/mol.